The second-order valence-electron chi connectivity index (χ2n) is 25.4. The topological polar surface area (TPSA) is 418 Å². The molecule has 0 saturated heterocycles. The normalized spacial score (nSPS) is 13.7. The van der Waals surface area contributed by atoms with Crippen molar-refractivity contribution in [1.82, 2.24) is 53.4 Å². The molecule has 2 aliphatic heterocycles. The Morgan fingerprint density at radius 2 is 1.48 bits per heavy atom. The number of nitrogens with two attached hydrogens (primary N) is 3. The van der Waals surface area contributed by atoms with Crippen LogP contribution < -0.4 is 75.1 Å². The molecule has 1 aliphatic carbocycles. The molecule has 31 nitrogen and oxygen atoms in total. The molecule has 3 aliphatic rings. The fourth-order valence-corrected chi connectivity index (χ4v) is 15.2. The molecule has 5 aromatic heterocycles. The van der Waals surface area contributed by atoms with Gasteiger partial charge in [0.25, 0.3) is 33.2 Å². The zero-order valence-electron chi connectivity index (χ0n) is 68.0. The third-order valence-electron chi connectivity index (χ3n) is 16.2. The van der Waals surface area contributed by atoms with Gasteiger partial charge in [-0.15, -0.1) is 20.4 Å². The van der Waals surface area contributed by atoms with E-state index in [-0.39, 0.29) is 152 Å². The molecule has 5 aromatic carbocycles. The molecule has 7 heterocycles. The number of rotatable bonds is 25. The minimum atomic E-state index is -4.23. The van der Waals surface area contributed by atoms with Gasteiger partial charge in [0, 0.05) is 71.2 Å². The molecule has 0 spiro atoms. The number of halogens is 16. The number of amides is 1. The number of hydrogen-bond acceptors (Lipinski definition) is 28. The average molecular weight is 2370 g/mol. The van der Waals surface area contributed by atoms with Crippen LogP contribution in [-0.2, 0) is 49.2 Å². The summed E-state index contributed by atoms with van der Waals surface area (Å²) < 4.78 is 123. The fraction of sp³-hybridized carbons (Fsp3) is 0.351. The summed E-state index contributed by atoms with van der Waals surface area (Å²) in [4.78, 5) is 45.9. The van der Waals surface area contributed by atoms with Crippen LogP contribution in [0, 0.1) is 34.3 Å². The van der Waals surface area contributed by atoms with E-state index >= 15 is 4.39 Å². The number of nitrogens with zero attached hydrogens (tertiary/aromatic N) is 10. The number of aromatic amines is 1. The number of alkyl carbamates (subject to hydrolysis) is 1. The van der Waals surface area contributed by atoms with E-state index in [1.807, 2.05) is 53.5 Å². The number of unbranched alkanes of at least 4 members (excludes halogenated alkanes) is 4. The molecule has 2 atom stereocenters. The van der Waals surface area contributed by atoms with Gasteiger partial charge < -0.3 is 70.2 Å². The number of benzene rings is 5. The van der Waals surface area contributed by atoms with Gasteiger partial charge in [-0.2, -0.15) is 14.4 Å². The molecule has 13 rings (SSSR count). The Labute approximate surface area is 825 Å². The first-order chi connectivity index (χ1) is 60.2. The van der Waals surface area contributed by atoms with Gasteiger partial charge in [0.05, 0.1) is 63.2 Å². The number of hydrogen-bond donors (Lipinski definition) is 8. The van der Waals surface area contributed by atoms with Gasteiger partial charge in [-0.3, -0.25) is 23.8 Å². The van der Waals surface area contributed by atoms with Crippen LogP contribution in [-0.4, -0.2) is 162 Å². The smallest absolute Gasteiger partial charge is 0.0958 e. The van der Waals surface area contributed by atoms with E-state index < -0.39 is 55.4 Å². The third-order valence-corrected chi connectivity index (χ3v) is 24.2. The first kappa shape index (κ1) is 109. The maximum Gasteiger partial charge on any atom is 0.123 e. The SMILES string of the molecule is CCCCNC(=O)OCC#CI.CO/N=C(\C1=NOCCO1)c1ccccc1Oc1ncnc(Oc2ccccc2Cl)c1F.Cc1noc(C)c1S(=O)(=O)n1c(Cl)nc2cc3c(cc21)OC(F)(F)O3.Clc1c(Cl)c(Cl)c(Cl)c(Cl)c1Cl.Cn1sccc1=O.NCCCCCCNC(N)N.OC(Cc1ccccc1Cl)(Cn1[nH]cnc1=S)C1(Cl)CC1.[3H][I-]O.[B]P(C)I. The molecule has 1 fully saturated rings. The van der Waals surface area contributed by atoms with Gasteiger partial charge >= 0.3 is 39.2 Å². The maximum absolute atomic E-state index is 15.1. The molecular weight excluding hydrogens is 2280 g/mol. The molecule has 52 heteroatoms. The van der Waals surface area contributed by atoms with E-state index in [1.165, 1.54) is 51.7 Å². The molecule has 2 unspecified atom stereocenters. The Balaban J connectivity index is 0.000000272. The average Bonchev–Trinajstić information content (AvgIpc) is 1.57. The number of para-hydroxylation sites is 2. The van der Waals surface area contributed by atoms with Crippen LogP contribution in [0.3, 0.4) is 0 Å². The Morgan fingerprint density at radius 3 is 1.98 bits per heavy atom. The number of H-pyrrole nitrogens is 1. The van der Waals surface area contributed by atoms with Gasteiger partial charge in [0.15, 0.2) is 41.1 Å². The van der Waals surface area contributed by atoms with Crippen LogP contribution in [0.2, 0.25) is 45.5 Å². The van der Waals surface area contributed by atoms with Crippen molar-refractivity contribution in [2.45, 2.75) is 113 Å². The zero-order valence-corrected chi connectivity index (χ0v) is 84.4. The van der Waals surface area contributed by atoms with Crippen molar-refractivity contribution in [2.24, 2.45) is 34.6 Å². The number of aliphatic hydroxyl groups is 1. The Kier molecular flexibility index (Phi) is 48.3. The molecule has 11 N–H and O–H groups in total. The van der Waals surface area contributed by atoms with Crippen molar-refractivity contribution in [2.75, 3.05) is 53.2 Å². The van der Waals surface area contributed by atoms with Crippen LogP contribution >= 0.6 is 190 Å². The molecule has 0 bridgehead atoms. The summed E-state index contributed by atoms with van der Waals surface area (Å²) in [6.45, 7) is 10.3. The first-order valence-corrected chi connectivity index (χ1v) is 49.5. The van der Waals surface area contributed by atoms with Gasteiger partial charge in [-0.05, 0) is 135 Å². The van der Waals surface area contributed by atoms with E-state index in [9.17, 15) is 31.9 Å². The number of carbonyl (C=O) groups excluding carboxylic acids is 1. The van der Waals surface area contributed by atoms with E-state index in [2.05, 4.69) is 99.4 Å². The first-order valence-electron chi connectivity index (χ1n) is 36.8. The number of aryl methyl sites for hydroxylation is 3. The predicted molar refractivity (Wildman–Crippen MR) is 504 cm³/mol. The summed E-state index contributed by atoms with van der Waals surface area (Å²) in [6.07, 6.45) is 6.65. The van der Waals surface area contributed by atoms with Gasteiger partial charge in [0.1, 0.15) is 63.0 Å². The summed E-state index contributed by atoms with van der Waals surface area (Å²) in [6, 6.07) is 24.5. The third kappa shape index (κ3) is 34.6. The summed E-state index contributed by atoms with van der Waals surface area (Å²) in [5, 5.41) is 34.0. The van der Waals surface area contributed by atoms with Crippen LogP contribution in [0.5, 0.6) is 34.8 Å². The van der Waals surface area contributed by atoms with Crippen molar-refractivity contribution in [3.8, 4) is 44.6 Å². The molecule has 2 radical (unpaired) electrons. The van der Waals surface area contributed by atoms with Crippen molar-refractivity contribution in [3.63, 3.8) is 0 Å². The molecule has 126 heavy (non-hydrogen) atoms. The van der Waals surface area contributed by atoms with Gasteiger partial charge in [-0.1, -0.05) is 217 Å². The summed E-state index contributed by atoms with van der Waals surface area (Å²) >= 11 is 68.3. The molecular formula is C74H81BCl10F3I3N16O15PS3-. The minimum absolute atomic E-state index is 0.0420. The van der Waals surface area contributed by atoms with Crippen molar-refractivity contribution in [3.05, 3.63) is 198 Å². The van der Waals surface area contributed by atoms with Gasteiger partial charge in [0.2, 0.25) is 15.9 Å². The fourth-order valence-electron chi connectivity index (χ4n) is 10.2. The summed E-state index contributed by atoms with van der Waals surface area (Å²) in [5.74, 6) is 0.996. The van der Waals surface area contributed by atoms with Crippen LogP contribution in [0.1, 0.15) is 80.9 Å². The number of aromatic nitrogens is 9. The summed E-state index contributed by atoms with van der Waals surface area (Å²) in [7, 11) is 4.04. The van der Waals surface area contributed by atoms with Crippen molar-refractivity contribution >= 4 is 236 Å². The number of nitrogens with one attached hydrogen (secondary N) is 3. The maximum atomic E-state index is 15.1. The van der Waals surface area contributed by atoms with Crippen LogP contribution in [0.25, 0.3) is 11.0 Å². The van der Waals surface area contributed by atoms with E-state index in [0.29, 0.717) is 43.9 Å². The number of carbonyl (C=O) groups is 1. The van der Waals surface area contributed by atoms with E-state index in [1.54, 1.807) is 75.7 Å². The molecule has 1 amide bonds. The predicted octanol–water partition coefficient (Wildman–Crippen LogP) is 15.7. The molecule has 1 saturated carbocycles. The number of fused-ring (bicyclic) bond motifs is 2. The molecule has 686 valence electrons. The van der Waals surface area contributed by atoms with Crippen molar-refractivity contribution < 1.29 is 100 Å². The Hall–Kier alpha value is -5.50. The van der Waals surface area contributed by atoms with E-state index in [4.69, 9.17) is 190 Å². The molecule has 10 aromatic rings. The Bertz CT molecular complexity index is 5480. The quantitative estimate of drug-likeness (QED) is 0.00214. The monoisotopic (exact) mass is 2360 g/mol. The largest absolute Gasteiger partial charge is 0.123 e. The number of ether oxygens (including phenoxy) is 6. The second-order valence-corrected chi connectivity index (χ2v) is 38.8. The van der Waals surface area contributed by atoms with Crippen LogP contribution in [0.15, 0.2) is 134 Å². The summed E-state index contributed by atoms with van der Waals surface area (Å²) in [5.41, 5.74) is 16.3. The Morgan fingerprint density at radius 1 is 0.897 bits per heavy atom. The van der Waals surface area contributed by atoms with E-state index in [0.717, 1.165) is 75.6 Å². The minimum Gasteiger partial charge on any atom is -0.0958 e. The van der Waals surface area contributed by atoms with Crippen molar-refractivity contribution in [1.29, 1.82) is 0.594 Å². The second kappa shape index (κ2) is 55.7. The zero-order chi connectivity index (χ0) is 94.4. The number of oxime groups is 2. The van der Waals surface area contributed by atoms with Crippen LogP contribution in [0.4, 0.5) is 18.0 Å². The number of imidazole rings is 1. The number of alkyl halides is 3. The van der Waals surface area contributed by atoms with Gasteiger partial charge in [-0.25, -0.2) is 27.2 Å². The standard InChI is InChI=1S/C21H16ClFN4O5.C14H15Cl2N3OS.C13H8ClF2N3O5S.C8H12INO2.C7H20N4.C6Cl6.C4H5NOS.CH3BIP.H2IO/c1-28-26-18(21-27-30-11-10-29-21)13-6-2-4-8-15(13)31-19-17(23)20(25-12-24-19)32-16-9-5-3-7-14(16)22;15-11-4-2-1-3-10(11)7-14(20,13(16)5-6-13)8-19-12(21)17-9-18-19;1-5-11(6(2)24-18-5)25(20,21)19-8-4-10-9(22-13(15,16)23-10)3-7(8)17-12(19)14;1-2-3-6-10-8(11)12-7-4-5-9;8-5-3-1-2-4-6-11-7(9)10;7-1-2(8)4(10)6(12)5(11)3(1)9;1-5-4(6)2-3-7-5;1-4(2)3;1-2/h2-9,12H,10-11H2,1H3;1-4,9,20H,5-8H2,(H,17,18,21);3-4H,1-2H3;2-3,6-7H2,1H3,(H,10,11);7,11H,1-6,8-10H2;;2-3H,1H3;1H3;1-2H/q;;;;;;;;-1/b26-18-;;;;;;;;/i;;;;;;;;1T.